The van der Waals surface area contributed by atoms with Crippen LogP contribution in [0.2, 0.25) is 0 Å². The summed E-state index contributed by atoms with van der Waals surface area (Å²) in [7, 11) is -2.62. The first kappa shape index (κ1) is 31.1. The van der Waals surface area contributed by atoms with Gasteiger partial charge in [-0.1, -0.05) is 67.3 Å². The predicted octanol–water partition coefficient (Wildman–Crippen LogP) is 5.11. The first-order chi connectivity index (χ1) is 20.2. The van der Waals surface area contributed by atoms with E-state index < -0.39 is 28.5 Å². The zero-order valence-electron chi connectivity index (χ0n) is 24.7. The number of anilines is 1. The average Bonchev–Trinajstić information content (AvgIpc) is 3.01. The molecule has 0 heterocycles. The highest BCUT2D eigenvalue weighted by molar-refractivity contribution is 7.92. The van der Waals surface area contributed by atoms with Gasteiger partial charge in [0.05, 0.1) is 17.7 Å². The molecule has 0 aromatic heterocycles. The van der Waals surface area contributed by atoms with Crippen molar-refractivity contribution in [3.63, 3.8) is 0 Å². The Morgan fingerprint density at radius 1 is 0.929 bits per heavy atom. The van der Waals surface area contributed by atoms with Crippen molar-refractivity contribution in [2.24, 2.45) is 0 Å². The van der Waals surface area contributed by atoms with Crippen LogP contribution in [-0.4, -0.2) is 57.4 Å². The minimum absolute atomic E-state index is 0.0376. The van der Waals surface area contributed by atoms with Crippen molar-refractivity contribution in [2.75, 3.05) is 24.5 Å². The topological polar surface area (TPSA) is 96.0 Å². The molecule has 1 fully saturated rings. The number of nitrogens with zero attached hydrogens (tertiary/aromatic N) is 2. The van der Waals surface area contributed by atoms with E-state index >= 15 is 0 Å². The van der Waals surface area contributed by atoms with Gasteiger partial charge in [0.15, 0.2) is 0 Å². The van der Waals surface area contributed by atoms with Gasteiger partial charge < -0.3 is 15.0 Å². The molecule has 9 heteroatoms. The fraction of sp³-hybridized carbons (Fsp3) is 0.394. The lowest BCUT2D eigenvalue weighted by Crippen LogP contribution is -2.53. The van der Waals surface area contributed by atoms with Gasteiger partial charge in [0.1, 0.15) is 18.3 Å². The van der Waals surface area contributed by atoms with Crippen molar-refractivity contribution in [3.05, 3.63) is 90.0 Å². The van der Waals surface area contributed by atoms with E-state index in [2.05, 4.69) is 5.32 Å². The van der Waals surface area contributed by atoms with Gasteiger partial charge in [-0.3, -0.25) is 13.9 Å². The van der Waals surface area contributed by atoms with Gasteiger partial charge in [-0.25, -0.2) is 8.42 Å². The second kappa shape index (κ2) is 14.4. The number of rotatable bonds is 12. The molecule has 3 aromatic carbocycles. The van der Waals surface area contributed by atoms with Crippen LogP contribution in [0.25, 0.3) is 0 Å². The minimum Gasteiger partial charge on any atom is -0.497 e. The smallest absolute Gasteiger partial charge is 0.264 e. The Kier molecular flexibility index (Phi) is 10.6. The first-order valence-electron chi connectivity index (χ1n) is 14.6. The molecule has 0 bridgehead atoms. The van der Waals surface area contributed by atoms with E-state index in [1.54, 1.807) is 31.2 Å². The third kappa shape index (κ3) is 7.91. The van der Waals surface area contributed by atoms with Crippen LogP contribution in [0, 0.1) is 6.92 Å². The lowest BCUT2D eigenvalue weighted by Gasteiger charge is -2.33. The van der Waals surface area contributed by atoms with E-state index in [1.165, 1.54) is 30.6 Å². The van der Waals surface area contributed by atoms with Crippen LogP contribution in [0.15, 0.2) is 83.8 Å². The monoisotopic (exact) mass is 591 g/mol. The Morgan fingerprint density at radius 3 is 2.19 bits per heavy atom. The maximum atomic E-state index is 14.1. The third-order valence-electron chi connectivity index (χ3n) is 7.85. The van der Waals surface area contributed by atoms with E-state index in [9.17, 15) is 18.0 Å². The molecular weight excluding hydrogens is 550 g/mol. The Balaban J connectivity index is 1.63. The molecular formula is C33H41N3O5S. The van der Waals surface area contributed by atoms with E-state index in [-0.39, 0.29) is 23.4 Å². The number of sulfonamides is 1. The molecule has 0 spiro atoms. The lowest BCUT2D eigenvalue weighted by atomic mass is 9.95. The van der Waals surface area contributed by atoms with E-state index in [1.807, 2.05) is 49.4 Å². The van der Waals surface area contributed by atoms with Gasteiger partial charge in [-0.2, -0.15) is 0 Å². The summed E-state index contributed by atoms with van der Waals surface area (Å²) in [4.78, 5) is 29.0. The van der Waals surface area contributed by atoms with Gasteiger partial charge in [0, 0.05) is 12.6 Å². The number of aryl methyl sites for hydroxylation is 1. The number of benzene rings is 3. The highest BCUT2D eigenvalue weighted by Gasteiger charge is 2.33. The van der Waals surface area contributed by atoms with E-state index in [0.29, 0.717) is 17.9 Å². The molecule has 1 N–H and O–H groups in total. The molecule has 0 radical (unpaired) electrons. The van der Waals surface area contributed by atoms with Crippen LogP contribution in [0.4, 0.5) is 5.69 Å². The summed E-state index contributed by atoms with van der Waals surface area (Å²) in [5.41, 5.74) is 2.35. The van der Waals surface area contributed by atoms with Crippen molar-refractivity contribution in [2.45, 2.75) is 69.4 Å². The summed E-state index contributed by atoms with van der Waals surface area (Å²) in [5.74, 6) is -0.144. The number of hydrogen-bond donors (Lipinski definition) is 1. The number of carbonyl (C=O) groups excluding carboxylic acids is 2. The van der Waals surface area contributed by atoms with Gasteiger partial charge in [0.2, 0.25) is 11.8 Å². The molecule has 1 saturated carbocycles. The van der Waals surface area contributed by atoms with Crippen LogP contribution in [0.3, 0.4) is 0 Å². The van der Waals surface area contributed by atoms with Crippen molar-refractivity contribution in [1.29, 1.82) is 0 Å². The number of carbonyl (C=O) groups is 2. The Labute approximate surface area is 249 Å². The van der Waals surface area contributed by atoms with Crippen LogP contribution < -0.4 is 14.4 Å². The van der Waals surface area contributed by atoms with Crippen molar-refractivity contribution in [1.82, 2.24) is 10.2 Å². The Hall–Kier alpha value is -3.85. The number of ether oxygens (including phenoxy) is 1. The first-order valence-corrected chi connectivity index (χ1v) is 16.0. The average molecular weight is 592 g/mol. The number of amides is 2. The summed E-state index contributed by atoms with van der Waals surface area (Å²) in [6.07, 6.45) is 5.70. The molecule has 2 amide bonds. The minimum atomic E-state index is -4.13. The van der Waals surface area contributed by atoms with Crippen LogP contribution in [-0.2, 0) is 26.0 Å². The van der Waals surface area contributed by atoms with Gasteiger partial charge in [-0.05, 0) is 75.1 Å². The SMILES string of the molecule is COc1ccc(S(=O)(=O)N(CC(=O)N(CCc2ccccc2)C(C)C(=O)NC2CCCCC2)c2ccc(C)cc2)cc1. The highest BCUT2D eigenvalue weighted by atomic mass is 32.2. The largest absolute Gasteiger partial charge is 0.497 e. The zero-order valence-corrected chi connectivity index (χ0v) is 25.5. The van der Waals surface area contributed by atoms with Gasteiger partial charge in [-0.15, -0.1) is 0 Å². The van der Waals surface area contributed by atoms with E-state index in [0.717, 1.165) is 41.1 Å². The second-order valence-electron chi connectivity index (χ2n) is 10.9. The zero-order chi connectivity index (χ0) is 30.1. The quantitative estimate of drug-likeness (QED) is 0.316. The van der Waals surface area contributed by atoms with Gasteiger partial charge in [0.25, 0.3) is 10.0 Å². The summed E-state index contributed by atoms with van der Waals surface area (Å²) in [6.45, 7) is 3.45. The lowest BCUT2D eigenvalue weighted by molar-refractivity contribution is -0.139. The van der Waals surface area contributed by atoms with Crippen molar-refractivity contribution in [3.8, 4) is 5.75 Å². The standard InChI is InChI=1S/C33H41N3O5S/c1-25-14-16-29(17-15-25)36(42(39,40)31-20-18-30(41-3)19-21-31)24-32(37)35(23-22-27-10-6-4-7-11-27)26(2)33(38)34-28-12-8-5-9-13-28/h4,6-7,10-11,14-21,26,28H,5,8-9,12-13,22-24H2,1-3H3,(H,34,38). The van der Waals surface area contributed by atoms with Crippen LogP contribution in [0.1, 0.15) is 50.2 Å². The van der Waals surface area contributed by atoms with E-state index in [4.69, 9.17) is 4.74 Å². The third-order valence-corrected chi connectivity index (χ3v) is 9.64. The molecule has 0 saturated heterocycles. The maximum absolute atomic E-state index is 14.1. The molecule has 3 aromatic rings. The normalized spacial score (nSPS) is 14.5. The molecule has 224 valence electrons. The number of hydrogen-bond acceptors (Lipinski definition) is 5. The molecule has 8 nitrogen and oxygen atoms in total. The summed E-state index contributed by atoms with van der Waals surface area (Å²) in [6, 6.07) is 22.1. The predicted molar refractivity (Wildman–Crippen MR) is 165 cm³/mol. The van der Waals surface area contributed by atoms with Crippen LogP contribution >= 0.6 is 0 Å². The highest BCUT2D eigenvalue weighted by Crippen LogP contribution is 2.26. The molecule has 1 aliphatic carbocycles. The van der Waals surface area contributed by atoms with Gasteiger partial charge >= 0.3 is 0 Å². The summed E-state index contributed by atoms with van der Waals surface area (Å²) >= 11 is 0. The molecule has 1 unspecified atom stereocenters. The number of nitrogens with one attached hydrogen (secondary N) is 1. The molecule has 42 heavy (non-hydrogen) atoms. The number of methoxy groups -OCH3 is 1. The summed E-state index contributed by atoms with van der Waals surface area (Å²) < 4.78 is 34.2. The Bertz CT molecular complexity index is 1420. The fourth-order valence-corrected chi connectivity index (χ4v) is 6.67. The molecule has 4 rings (SSSR count). The van der Waals surface area contributed by atoms with Crippen molar-refractivity contribution < 1.29 is 22.7 Å². The maximum Gasteiger partial charge on any atom is 0.264 e. The fourth-order valence-electron chi connectivity index (χ4n) is 5.25. The van der Waals surface area contributed by atoms with Crippen LogP contribution in [0.5, 0.6) is 5.75 Å². The molecule has 0 aliphatic heterocycles. The molecule has 1 aliphatic rings. The van der Waals surface area contributed by atoms with Crippen molar-refractivity contribution >= 4 is 27.5 Å². The molecule has 1 atom stereocenters. The summed E-state index contributed by atoms with van der Waals surface area (Å²) in [5, 5.41) is 3.13. The second-order valence-corrected chi connectivity index (χ2v) is 12.7. The Morgan fingerprint density at radius 2 is 1.57 bits per heavy atom.